The summed E-state index contributed by atoms with van der Waals surface area (Å²) in [7, 11) is 3.31. The number of likely N-dealkylation sites (tertiary alicyclic amines) is 1. The number of nitrogens with zero attached hydrogens (tertiary/aromatic N) is 1. The van der Waals surface area contributed by atoms with Crippen LogP contribution in [0.2, 0.25) is 0 Å². The molecule has 2 unspecified atom stereocenters. The first-order valence-electron chi connectivity index (χ1n) is 10.9. The molecule has 1 saturated heterocycles. The number of hydrogen-bond donors (Lipinski definition) is 0. The van der Waals surface area contributed by atoms with Gasteiger partial charge in [0.25, 0.3) is 0 Å². The zero-order valence-corrected chi connectivity index (χ0v) is 17.9. The maximum atomic E-state index is 13.4. The van der Waals surface area contributed by atoms with E-state index in [0.29, 0.717) is 6.61 Å². The van der Waals surface area contributed by atoms with Gasteiger partial charge in [0.2, 0.25) is 5.91 Å². The van der Waals surface area contributed by atoms with Crippen LogP contribution in [0.15, 0.2) is 42.5 Å². The largest absolute Gasteiger partial charge is 0.493 e. The van der Waals surface area contributed by atoms with Gasteiger partial charge < -0.3 is 19.1 Å². The Morgan fingerprint density at radius 1 is 1.10 bits per heavy atom. The number of methoxy groups -OCH3 is 2. The second-order valence-electron chi connectivity index (χ2n) is 8.23. The van der Waals surface area contributed by atoms with E-state index in [1.54, 1.807) is 14.2 Å². The molecular formula is C25H31NO4. The van der Waals surface area contributed by atoms with Crippen LogP contribution in [0, 0.1) is 5.92 Å². The molecule has 2 aliphatic rings. The van der Waals surface area contributed by atoms with Crippen molar-refractivity contribution < 1.29 is 19.0 Å². The highest BCUT2D eigenvalue weighted by Gasteiger charge is 2.34. The number of amides is 1. The fourth-order valence-electron chi connectivity index (χ4n) is 4.68. The summed E-state index contributed by atoms with van der Waals surface area (Å²) in [5.74, 6) is 2.59. The first-order chi connectivity index (χ1) is 14.7. The maximum Gasteiger partial charge on any atom is 0.229 e. The Kier molecular flexibility index (Phi) is 6.46. The molecule has 2 atom stereocenters. The molecule has 2 aromatic rings. The number of para-hydroxylation sites is 1. The molecule has 0 aliphatic carbocycles. The summed E-state index contributed by atoms with van der Waals surface area (Å²) in [6, 6.07) is 14.4. The van der Waals surface area contributed by atoms with Crippen LogP contribution in [-0.4, -0.2) is 44.2 Å². The van der Waals surface area contributed by atoms with Crippen molar-refractivity contribution in [3.63, 3.8) is 0 Å². The molecule has 5 heteroatoms. The van der Waals surface area contributed by atoms with E-state index in [9.17, 15) is 4.79 Å². The number of benzene rings is 2. The minimum absolute atomic E-state index is 0.0819. The van der Waals surface area contributed by atoms with Crippen LogP contribution in [0.5, 0.6) is 17.2 Å². The van der Waals surface area contributed by atoms with Crippen LogP contribution in [0.3, 0.4) is 0 Å². The number of fused-ring (bicyclic) bond motifs is 1. The van der Waals surface area contributed by atoms with Crippen LogP contribution in [0.25, 0.3) is 0 Å². The molecule has 0 radical (unpaired) electrons. The van der Waals surface area contributed by atoms with Gasteiger partial charge in [-0.05, 0) is 67.9 Å². The Morgan fingerprint density at radius 3 is 2.77 bits per heavy atom. The van der Waals surface area contributed by atoms with Gasteiger partial charge in [0.05, 0.1) is 20.1 Å². The SMILES string of the molecule is COc1ccc(CCC2CCCCN2C(=O)C2COc3ccccc3C2)cc1OC. The lowest BCUT2D eigenvalue weighted by Gasteiger charge is -2.39. The predicted octanol–water partition coefficient (Wildman–Crippen LogP) is 4.27. The molecule has 0 spiro atoms. The molecule has 2 aromatic carbocycles. The lowest BCUT2D eigenvalue weighted by molar-refractivity contribution is -0.140. The van der Waals surface area contributed by atoms with E-state index < -0.39 is 0 Å². The van der Waals surface area contributed by atoms with E-state index in [4.69, 9.17) is 14.2 Å². The van der Waals surface area contributed by atoms with Crippen molar-refractivity contribution in [2.75, 3.05) is 27.4 Å². The smallest absolute Gasteiger partial charge is 0.229 e. The van der Waals surface area contributed by atoms with Gasteiger partial charge in [-0.25, -0.2) is 0 Å². The third-order valence-corrected chi connectivity index (χ3v) is 6.35. The highest BCUT2D eigenvalue weighted by Crippen LogP contribution is 2.31. The zero-order valence-electron chi connectivity index (χ0n) is 17.9. The Balaban J connectivity index is 1.41. The van der Waals surface area contributed by atoms with Crippen LogP contribution in [-0.2, 0) is 17.6 Å². The number of rotatable bonds is 6. The van der Waals surface area contributed by atoms with Gasteiger partial charge in [-0.2, -0.15) is 0 Å². The van der Waals surface area contributed by atoms with Gasteiger partial charge >= 0.3 is 0 Å². The predicted molar refractivity (Wildman–Crippen MR) is 116 cm³/mol. The molecule has 5 nitrogen and oxygen atoms in total. The zero-order chi connectivity index (χ0) is 20.9. The van der Waals surface area contributed by atoms with Crippen molar-refractivity contribution in [1.29, 1.82) is 0 Å². The van der Waals surface area contributed by atoms with Crippen molar-refractivity contribution >= 4 is 5.91 Å². The van der Waals surface area contributed by atoms with E-state index in [-0.39, 0.29) is 17.9 Å². The molecule has 0 saturated carbocycles. The Bertz CT molecular complexity index is 881. The summed E-state index contributed by atoms with van der Waals surface area (Å²) in [5, 5.41) is 0. The van der Waals surface area contributed by atoms with Crippen LogP contribution < -0.4 is 14.2 Å². The summed E-state index contributed by atoms with van der Waals surface area (Å²) >= 11 is 0. The second-order valence-corrected chi connectivity index (χ2v) is 8.23. The van der Waals surface area contributed by atoms with Gasteiger partial charge in [0.15, 0.2) is 11.5 Å². The van der Waals surface area contributed by atoms with E-state index in [1.165, 1.54) is 12.0 Å². The Morgan fingerprint density at radius 2 is 1.93 bits per heavy atom. The van der Waals surface area contributed by atoms with Crippen molar-refractivity contribution in [3.05, 3.63) is 53.6 Å². The van der Waals surface area contributed by atoms with Gasteiger partial charge in [0.1, 0.15) is 12.4 Å². The van der Waals surface area contributed by atoms with E-state index in [0.717, 1.165) is 61.5 Å². The van der Waals surface area contributed by atoms with E-state index in [2.05, 4.69) is 17.0 Å². The first kappa shape index (κ1) is 20.6. The molecule has 1 fully saturated rings. The van der Waals surface area contributed by atoms with Crippen LogP contribution in [0.1, 0.15) is 36.8 Å². The molecule has 2 heterocycles. The first-order valence-corrected chi connectivity index (χ1v) is 10.9. The van der Waals surface area contributed by atoms with Crippen molar-refractivity contribution in [1.82, 2.24) is 4.90 Å². The summed E-state index contributed by atoms with van der Waals surface area (Å²) in [5.41, 5.74) is 2.35. The average molecular weight is 410 g/mol. The van der Waals surface area contributed by atoms with E-state index in [1.807, 2.05) is 30.3 Å². The number of carbonyl (C=O) groups is 1. The molecule has 4 rings (SSSR count). The monoisotopic (exact) mass is 409 g/mol. The van der Waals surface area contributed by atoms with Crippen molar-refractivity contribution in [2.45, 2.75) is 44.6 Å². The standard InChI is InChI=1S/C25H31NO4/c1-28-23-13-11-18(15-24(23)29-2)10-12-21-8-5-6-14-26(21)25(27)20-16-19-7-3-4-9-22(19)30-17-20/h3-4,7,9,11,13,15,20-21H,5-6,8,10,12,14,16-17H2,1-2H3. The maximum absolute atomic E-state index is 13.4. The molecule has 160 valence electrons. The second kappa shape index (κ2) is 9.41. The number of ether oxygens (including phenoxy) is 3. The number of hydrogen-bond acceptors (Lipinski definition) is 4. The van der Waals surface area contributed by atoms with Crippen LogP contribution >= 0.6 is 0 Å². The van der Waals surface area contributed by atoms with Crippen molar-refractivity contribution in [3.8, 4) is 17.2 Å². The molecule has 0 N–H and O–H groups in total. The number of aryl methyl sites for hydroxylation is 1. The number of carbonyl (C=O) groups excluding carboxylic acids is 1. The molecule has 30 heavy (non-hydrogen) atoms. The third kappa shape index (κ3) is 4.40. The normalized spacial score (nSPS) is 20.8. The molecule has 1 amide bonds. The van der Waals surface area contributed by atoms with Gasteiger partial charge in [-0.1, -0.05) is 24.3 Å². The van der Waals surface area contributed by atoms with E-state index >= 15 is 0 Å². The van der Waals surface area contributed by atoms with Crippen LogP contribution in [0.4, 0.5) is 0 Å². The molecule has 0 bridgehead atoms. The molecule has 2 aliphatic heterocycles. The molecule has 0 aromatic heterocycles. The van der Waals surface area contributed by atoms with Gasteiger partial charge in [-0.3, -0.25) is 4.79 Å². The fraction of sp³-hybridized carbons (Fsp3) is 0.480. The quantitative estimate of drug-likeness (QED) is 0.715. The summed E-state index contributed by atoms with van der Waals surface area (Å²) < 4.78 is 16.7. The average Bonchev–Trinajstić information content (AvgIpc) is 2.81. The highest BCUT2D eigenvalue weighted by atomic mass is 16.5. The Labute approximate surface area is 178 Å². The van der Waals surface area contributed by atoms with Gasteiger partial charge in [0, 0.05) is 12.6 Å². The third-order valence-electron chi connectivity index (χ3n) is 6.35. The molecular weight excluding hydrogens is 378 g/mol. The van der Waals surface area contributed by atoms with Gasteiger partial charge in [-0.15, -0.1) is 0 Å². The lowest BCUT2D eigenvalue weighted by Crippen LogP contribution is -2.48. The highest BCUT2D eigenvalue weighted by molar-refractivity contribution is 5.80. The number of piperidine rings is 1. The summed E-state index contributed by atoms with van der Waals surface area (Å²) in [6.45, 7) is 1.34. The minimum Gasteiger partial charge on any atom is -0.493 e. The van der Waals surface area contributed by atoms with Crippen molar-refractivity contribution in [2.24, 2.45) is 5.92 Å². The topological polar surface area (TPSA) is 48.0 Å². The Hall–Kier alpha value is -2.69. The minimum atomic E-state index is -0.0819. The lowest BCUT2D eigenvalue weighted by atomic mass is 9.91. The summed E-state index contributed by atoms with van der Waals surface area (Å²) in [6.07, 6.45) is 5.99. The summed E-state index contributed by atoms with van der Waals surface area (Å²) in [4.78, 5) is 15.5. The fourth-order valence-corrected chi connectivity index (χ4v) is 4.68.